The smallest absolute Gasteiger partial charge is 0.235 e. The Labute approximate surface area is 233 Å². The van der Waals surface area contributed by atoms with Crippen LogP contribution >= 0.6 is 0 Å². The molecule has 11 heteroatoms. The number of benzene rings is 1. The zero-order chi connectivity index (χ0) is 29.3. The molecule has 5 rings (SSSR count). The number of amides is 1. The van der Waals surface area contributed by atoms with Crippen LogP contribution in [0.15, 0.2) is 12.1 Å². The Kier molecular flexibility index (Phi) is 7.12. The van der Waals surface area contributed by atoms with Gasteiger partial charge in [0.25, 0.3) is 0 Å². The number of hydrogen-bond donors (Lipinski definition) is 4. The first-order valence-electron chi connectivity index (χ1n) is 14.0. The number of aromatic hydroxyl groups is 1. The molecular weight excluding hydrogens is 516 g/mol. The Balaban J connectivity index is 1.47. The van der Waals surface area contributed by atoms with Crippen molar-refractivity contribution in [2.75, 3.05) is 32.5 Å². The fourth-order valence-electron chi connectivity index (χ4n) is 7.48. The molecule has 1 aromatic rings. The van der Waals surface area contributed by atoms with E-state index in [4.69, 9.17) is 5.73 Å². The number of nitrogens with one attached hydrogen (secondary N) is 1. The van der Waals surface area contributed by atoms with Crippen LogP contribution in [-0.2, 0) is 25.6 Å². The third-order valence-corrected chi connectivity index (χ3v) is 9.55. The van der Waals surface area contributed by atoms with Gasteiger partial charge in [0.1, 0.15) is 5.75 Å². The summed E-state index contributed by atoms with van der Waals surface area (Å²) in [4.78, 5) is 70.2. The maximum atomic E-state index is 13.9. The molecule has 4 aliphatic rings. The maximum Gasteiger partial charge on any atom is 0.235 e. The molecule has 1 amide bonds. The van der Waals surface area contributed by atoms with E-state index in [1.165, 1.54) is 4.90 Å². The number of likely N-dealkylation sites (tertiary alicyclic amines) is 1. The number of aliphatic hydroxyl groups is 1. The second-order valence-corrected chi connectivity index (χ2v) is 12.3. The largest absolute Gasteiger partial charge is 0.505 e. The zero-order valence-corrected chi connectivity index (χ0v) is 23.3. The van der Waals surface area contributed by atoms with E-state index in [9.17, 15) is 34.2 Å². The van der Waals surface area contributed by atoms with Crippen molar-refractivity contribution < 1.29 is 34.2 Å². The number of primary amides is 1. The molecule has 1 heterocycles. The van der Waals surface area contributed by atoms with Gasteiger partial charge in [0, 0.05) is 31.1 Å². The molecule has 40 heavy (non-hydrogen) atoms. The fourth-order valence-corrected chi connectivity index (χ4v) is 7.48. The minimum atomic E-state index is -2.72. The number of phenols is 1. The van der Waals surface area contributed by atoms with E-state index in [0.717, 1.165) is 25.9 Å². The highest BCUT2D eigenvalue weighted by Crippen LogP contribution is 2.51. The van der Waals surface area contributed by atoms with Gasteiger partial charge in [-0.3, -0.25) is 28.9 Å². The van der Waals surface area contributed by atoms with E-state index in [0.29, 0.717) is 17.3 Å². The standard InChI is InChI=1S/C29H38N4O7/c1-13(2)33-9-7-16(8-10-33)31-18-6-5-14-11-15-12-17-22(32(3)4)25(36)21(28(30)39)27(38)29(17,40)26(37)20(15)24(35)19(14)23(18)34/h5-6,13,15-17,20-22,31,34,40H,7-12H2,1-4H3,(H2,30,39)/t15-,17-,20?,21?,22-,29-/m0/s1. The van der Waals surface area contributed by atoms with Gasteiger partial charge >= 0.3 is 0 Å². The predicted octanol–water partition coefficient (Wildman–Crippen LogP) is 0.152. The average molecular weight is 555 g/mol. The van der Waals surface area contributed by atoms with Gasteiger partial charge in [-0.2, -0.15) is 0 Å². The van der Waals surface area contributed by atoms with Crippen molar-refractivity contribution in [2.45, 2.75) is 63.3 Å². The van der Waals surface area contributed by atoms with Crippen molar-refractivity contribution in [1.29, 1.82) is 0 Å². The lowest BCUT2D eigenvalue weighted by Crippen LogP contribution is -2.74. The first-order chi connectivity index (χ1) is 18.8. The van der Waals surface area contributed by atoms with Gasteiger partial charge in [0.15, 0.2) is 34.7 Å². The highest BCUT2D eigenvalue weighted by Gasteiger charge is 2.69. The lowest BCUT2D eigenvalue weighted by Gasteiger charge is -2.52. The number of anilines is 1. The Bertz CT molecular complexity index is 1290. The van der Waals surface area contributed by atoms with Crippen LogP contribution in [0.4, 0.5) is 5.69 Å². The van der Waals surface area contributed by atoms with Crippen LogP contribution < -0.4 is 11.1 Å². The third-order valence-electron chi connectivity index (χ3n) is 9.55. The quantitative estimate of drug-likeness (QED) is 0.290. The van der Waals surface area contributed by atoms with Crippen LogP contribution in [0.3, 0.4) is 0 Å². The van der Waals surface area contributed by atoms with Crippen LogP contribution in [-0.4, -0.2) is 100.0 Å². The number of phenolic OH excluding ortho intramolecular Hbond substituents is 1. The van der Waals surface area contributed by atoms with Crippen LogP contribution in [0.5, 0.6) is 5.75 Å². The Hall–Kier alpha value is -3.15. The van der Waals surface area contributed by atoms with Crippen LogP contribution in [0, 0.1) is 23.7 Å². The van der Waals surface area contributed by atoms with Crippen molar-refractivity contribution in [3.8, 4) is 5.75 Å². The molecular formula is C29H38N4O7. The van der Waals surface area contributed by atoms with E-state index >= 15 is 0 Å². The lowest BCUT2D eigenvalue weighted by molar-refractivity contribution is -0.181. The summed E-state index contributed by atoms with van der Waals surface area (Å²) in [6.07, 6.45) is 2.04. The number of fused-ring (bicyclic) bond motifs is 3. The topological polar surface area (TPSA) is 170 Å². The second kappa shape index (κ2) is 10.0. The molecule has 0 bridgehead atoms. The van der Waals surface area contributed by atoms with Gasteiger partial charge in [-0.05, 0) is 71.2 Å². The number of carbonyl (C=O) groups is 5. The number of Topliss-reactive ketones (excluding diaryl/α,β-unsaturated/α-hetero) is 4. The molecule has 2 unspecified atom stereocenters. The fraction of sp³-hybridized carbons (Fsp3) is 0.621. The van der Waals surface area contributed by atoms with E-state index in [1.807, 2.05) is 0 Å². The Morgan fingerprint density at radius 1 is 1.12 bits per heavy atom. The molecule has 3 fully saturated rings. The number of nitrogens with zero attached hydrogens (tertiary/aromatic N) is 2. The SMILES string of the molecule is CC(C)N1CCC(Nc2ccc3c(c2O)C(=O)C2C(=O)[C@]4(O)C(=O)C(C(N)=O)C(=O)[C@@H](N(C)C)[C@@H]4C[C@@H]2C3)CC1. The number of carbonyl (C=O) groups excluding carboxylic acids is 5. The molecule has 1 saturated heterocycles. The number of likely N-dealkylation sites (N-methyl/N-ethyl adjacent to an activating group) is 1. The molecule has 2 saturated carbocycles. The minimum Gasteiger partial charge on any atom is -0.505 e. The van der Waals surface area contributed by atoms with Crippen molar-refractivity contribution in [3.05, 3.63) is 23.3 Å². The summed E-state index contributed by atoms with van der Waals surface area (Å²) in [6, 6.07) is 2.96. The Morgan fingerprint density at radius 3 is 2.35 bits per heavy atom. The Morgan fingerprint density at radius 2 is 1.77 bits per heavy atom. The molecule has 1 aromatic carbocycles. The molecule has 11 nitrogen and oxygen atoms in total. The van der Waals surface area contributed by atoms with Gasteiger partial charge in [-0.15, -0.1) is 0 Å². The maximum absolute atomic E-state index is 13.9. The van der Waals surface area contributed by atoms with Gasteiger partial charge in [0.05, 0.1) is 23.2 Å². The van der Waals surface area contributed by atoms with Gasteiger partial charge < -0.3 is 26.2 Å². The normalized spacial score (nSPS) is 33.1. The molecule has 5 N–H and O–H groups in total. The first kappa shape index (κ1) is 28.4. The molecule has 0 aromatic heterocycles. The molecule has 3 aliphatic carbocycles. The van der Waals surface area contributed by atoms with Crippen molar-refractivity contribution >= 4 is 34.7 Å². The van der Waals surface area contributed by atoms with Crippen LogP contribution in [0.1, 0.15) is 49.0 Å². The minimum absolute atomic E-state index is 0.0104. The summed E-state index contributed by atoms with van der Waals surface area (Å²) in [5.41, 5.74) is 3.63. The van der Waals surface area contributed by atoms with Crippen LogP contribution in [0.2, 0.25) is 0 Å². The second-order valence-electron chi connectivity index (χ2n) is 12.3. The number of nitrogens with two attached hydrogens (primary N) is 1. The summed E-state index contributed by atoms with van der Waals surface area (Å²) in [7, 11) is 3.13. The molecule has 0 spiro atoms. The predicted molar refractivity (Wildman–Crippen MR) is 145 cm³/mol. The summed E-state index contributed by atoms with van der Waals surface area (Å²) >= 11 is 0. The zero-order valence-electron chi connectivity index (χ0n) is 23.3. The average Bonchev–Trinajstić information content (AvgIpc) is 2.87. The van der Waals surface area contributed by atoms with Crippen molar-refractivity contribution in [2.24, 2.45) is 29.4 Å². The summed E-state index contributed by atoms with van der Waals surface area (Å²) in [5.74, 6) is -10.3. The first-order valence-corrected chi connectivity index (χ1v) is 14.0. The van der Waals surface area contributed by atoms with Gasteiger partial charge in [-0.25, -0.2) is 0 Å². The van der Waals surface area contributed by atoms with Gasteiger partial charge in [0.2, 0.25) is 5.91 Å². The lowest BCUT2D eigenvalue weighted by atomic mass is 9.52. The van der Waals surface area contributed by atoms with E-state index < -0.39 is 64.4 Å². The van der Waals surface area contributed by atoms with Crippen molar-refractivity contribution in [1.82, 2.24) is 9.80 Å². The molecule has 6 atom stereocenters. The number of piperidine rings is 1. The van der Waals surface area contributed by atoms with Crippen LogP contribution in [0.25, 0.3) is 0 Å². The molecule has 0 radical (unpaired) electrons. The van der Waals surface area contributed by atoms with E-state index in [1.54, 1.807) is 26.2 Å². The van der Waals surface area contributed by atoms with Crippen molar-refractivity contribution in [3.63, 3.8) is 0 Å². The summed E-state index contributed by atoms with van der Waals surface area (Å²) in [6.45, 7) is 6.13. The van der Waals surface area contributed by atoms with E-state index in [-0.39, 0.29) is 30.2 Å². The highest BCUT2D eigenvalue weighted by molar-refractivity contribution is 6.32. The molecule has 216 valence electrons. The summed E-state index contributed by atoms with van der Waals surface area (Å²) < 4.78 is 0. The molecule has 1 aliphatic heterocycles. The number of ketones is 4. The third kappa shape index (κ3) is 4.17. The number of hydrogen-bond acceptors (Lipinski definition) is 10. The highest BCUT2D eigenvalue weighted by atomic mass is 16.3. The van der Waals surface area contributed by atoms with Gasteiger partial charge in [-0.1, -0.05) is 6.07 Å². The monoisotopic (exact) mass is 554 g/mol. The van der Waals surface area contributed by atoms with E-state index in [2.05, 4.69) is 24.1 Å². The summed E-state index contributed by atoms with van der Waals surface area (Å²) in [5, 5.41) is 26.2. The number of rotatable bonds is 5.